The number of fused-ring (bicyclic) bond motifs is 2. The molecule has 12 nitrogen and oxygen atoms in total. The molecule has 5 rings (SSSR count). The largest absolute Gasteiger partial charge is 0.507 e. The predicted octanol–water partition coefficient (Wildman–Crippen LogP) is 1.53. The van der Waals surface area contributed by atoms with E-state index < -0.39 is 54.0 Å². The number of ketones is 2. The highest BCUT2D eigenvalue weighted by atomic mass is 16.7. The number of carbonyl (C=O) groups is 3. The van der Waals surface area contributed by atoms with Gasteiger partial charge >= 0.3 is 5.97 Å². The summed E-state index contributed by atoms with van der Waals surface area (Å²) in [6, 6.07) is 5.79. The number of unbranched alkanes of at least 4 members (excludes halogenated alkanes) is 1. The lowest BCUT2D eigenvalue weighted by atomic mass is 9.78. The van der Waals surface area contributed by atoms with Gasteiger partial charge in [0.2, 0.25) is 6.29 Å². The van der Waals surface area contributed by atoms with E-state index in [4.69, 9.17) is 14.2 Å². The van der Waals surface area contributed by atoms with Gasteiger partial charge in [-0.25, -0.2) is 0 Å². The monoisotopic (exact) mass is 595 g/mol. The molecule has 2 aliphatic rings. The van der Waals surface area contributed by atoms with Gasteiger partial charge in [-0.15, -0.1) is 0 Å². The number of phenols is 1. The molecule has 0 amide bonds. The minimum Gasteiger partial charge on any atom is -0.507 e. The second kappa shape index (κ2) is 12.3. The second-order valence-electron chi connectivity index (χ2n) is 10.7. The SMILES string of the molecule is CC(=O)Oc1ccc2c(c1)C(=O)c1c(Cc3cc[nH]c3)c(OC3OC(C)C(O)C(O)C3O)c(CCCCO)c(O)c1C2=O. The number of aromatic amines is 1. The van der Waals surface area contributed by atoms with Crippen LogP contribution in [0, 0.1) is 0 Å². The molecule has 2 aromatic carbocycles. The number of phenolic OH excluding ortho intramolecular Hbond substituents is 1. The van der Waals surface area contributed by atoms with E-state index in [0.29, 0.717) is 18.4 Å². The van der Waals surface area contributed by atoms with Crippen molar-refractivity contribution in [2.24, 2.45) is 0 Å². The van der Waals surface area contributed by atoms with E-state index in [-0.39, 0.29) is 64.3 Å². The maximum atomic E-state index is 14.2. The van der Waals surface area contributed by atoms with Crippen molar-refractivity contribution >= 4 is 17.5 Å². The molecule has 43 heavy (non-hydrogen) atoms. The Bertz CT molecular complexity index is 1550. The number of carbonyl (C=O) groups excluding carboxylic acids is 3. The Morgan fingerprint density at radius 1 is 0.977 bits per heavy atom. The molecular weight excluding hydrogens is 562 g/mol. The van der Waals surface area contributed by atoms with Crippen molar-refractivity contribution in [2.45, 2.75) is 70.2 Å². The number of hydrogen-bond donors (Lipinski definition) is 6. The van der Waals surface area contributed by atoms with Crippen molar-refractivity contribution in [3.05, 3.63) is 75.6 Å². The van der Waals surface area contributed by atoms with Crippen LogP contribution in [0.15, 0.2) is 36.7 Å². The normalized spacial score (nSPS) is 23.1. The van der Waals surface area contributed by atoms with Crippen LogP contribution < -0.4 is 9.47 Å². The van der Waals surface area contributed by atoms with Crippen LogP contribution in [0.4, 0.5) is 0 Å². The van der Waals surface area contributed by atoms with Gasteiger partial charge in [-0.2, -0.15) is 0 Å². The smallest absolute Gasteiger partial charge is 0.308 e. The molecule has 0 bridgehead atoms. The first-order valence-electron chi connectivity index (χ1n) is 13.9. The highest BCUT2D eigenvalue weighted by molar-refractivity contribution is 6.30. The quantitative estimate of drug-likeness (QED) is 0.0933. The summed E-state index contributed by atoms with van der Waals surface area (Å²) in [4.78, 5) is 42.6. The summed E-state index contributed by atoms with van der Waals surface area (Å²) in [5, 5.41) is 52.4. The molecule has 228 valence electrons. The maximum Gasteiger partial charge on any atom is 0.308 e. The molecule has 0 radical (unpaired) electrons. The number of H-pyrrole nitrogens is 1. The zero-order valence-corrected chi connectivity index (χ0v) is 23.6. The Morgan fingerprint density at radius 2 is 1.72 bits per heavy atom. The average molecular weight is 596 g/mol. The first kappa shape index (κ1) is 30.4. The summed E-state index contributed by atoms with van der Waals surface area (Å²) >= 11 is 0. The number of ether oxygens (including phenoxy) is 3. The number of benzene rings is 2. The summed E-state index contributed by atoms with van der Waals surface area (Å²) in [6.07, 6.45) is -2.87. The Labute approximate surface area is 246 Å². The van der Waals surface area contributed by atoms with Crippen molar-refractivity contribution in [3.63, 3.8) is 0 Å². The first-order chi connectivity index (χ1) is 20.5. The highest BCUT2D eigenvalue weighted by Gasteiger charge is 2.45. The third kappa shape index (κ3) is 5.67. The van der Waals surface area contributed by atoms with Crippen molar-refractivity contribution in [1.29, 1.82) is 0 Å². The third-order valence-corrected chi connectivity index (χ3v) is 7.74. The topological polar surface area (TPSA) is 196 Å². The molecule has 0 saturated carbocycles. The molecule has 5 unspecified atom stereocenters. The van der Waals surface area contributed by atoms with Gasteiger partial charge in [0.05, 0.1) is 11.7 Å². The number of aliphatic hydroxyl groups excluding tert-OH is 4. The second-order valence-corrected chi connectivity index (χ2v) is 10.7. The molecular formula is C31H33NO11. The lowest BCUT2D eigenvalue weighted by Gasteiger charge is -2.39. The number of aliphatic hydroxyl groups is 4. The molecule has 1 aliphatic carbocycles. The molecule has 6 N–H and O–H groups in total. The van der Waals surface area contributed by atoms with E-state index in [1.54, 1.807) is 18.5 Å². The molecule has 2 heterocycles. The van der Waals surface area contributed by atoms with Crippen molar-refractivity contribution in [3.8, 4) is 17.2 Å². The summed E-state index contributed by atoms with van der Waals surface area (Å²) < 4.78 is 17.0. The Hall–Kier alpha value is -4.07. The Balaban J connectivity index is 1.73. The van der Waals surface area contributed by atoms with Crippen molar-refractivity contribution < 1.29 is 54.1 Å². The van der Waals surface area contributed by atoms with Crippen LogP contribution in [0.1, 0.15) is 75.2 Å². The lowest BCUT2D eigenvalue weighted by Crippen LogP contribution is -2.58. The third-order valence-electron chi connectivity index (χ3n) is 7.74. The van der Waals surface area contributed by atoms with Crippen LogP contribution in [-0.4, -0.2) is 85.4 Å². The number of nitrogens with one attached hydrogen (secondary N) is 1. The van der Waals surface area contributed by atoms with E-state index in [1.165, 1.54) is 32.0 Å². The van der Waals surface area contributed by atoms with Crippen LogP contribution in [0.3, 0.4) is 0 Å². The number of esters is 1. The number of rotatable bonds is 9. The van der Waals surface area contributed by atoms with Gasteiger partial charge < -0.3 is 44.7 Å². The molecule has 1 aromatic heterocycles. The number of hydrogen-bond acceptors (Lipinski definition) is 11. The molecule has 1 aliphatic heterocycles. The van der Waals surface area contributed by atoms with E-state index in [9.17, 15) is 39.9 Å². The van der Waals surface area contributed by atoms with E-state index >= 15 is 0 Å². The van der Waals surface area contributed by atoms with Gasteiger partial charge in [0.25, 0.3) is 0 Å². The molecule has 1 saturated heterocycles. The van der Waals surface area contributed by atoms with Gasteiger partial charge in [-0.3, -0.25) is 14.4 Å². The minimum atomic E-state index is -1.70. The molecule has 3 aromatic rings. The Kier molecular flexibility index (Phi) is 8.67. The van der Waals surface area contributed by atoms with Gasteiger partial charge in [0.15, 0.2) is 11.6 Å². The standard InChI is InChI=1S/C31H33NO11/c1-14-24(35)28(39)29(40)31(41-14)43-30-19(5-3-4-10-33)26(37)23-22(21(30)11-16-8-9-32-13-16)27(38)20-12-17(42-15(2)34)6-7-18(20)25(23)36/h6-9,12-14,24,28-29,31-33,35,37,39-40H,3-5,10-11H2,1-2H3. The number of aromatic nitrogens is 1. The fourth-order valence-electron chi connectivity index (χ4n) is 5.56. The van der Waals surface area contributed by atoms with Gasteiger partial charge in [-0.1, -0.05) is 0 Å². The zero-order valence-electron chi connectivity index (χ0n) is 23.6. The predicted molar refractivity (Wildman–Crippen MR) is 149 cm³/mol. The number of aromatic hydroxyl groups is 1. The van der Waals surface area contributed by atoms with Crippen LogP contribution in [0.2, 0.25) is 0 Å². The molecule has 5 atom stereocenters. The van der Waals surface area contributed by atoms with Crippen molar-refractivity contribution in [2.75, 3.05) is 6.61 Å². The molecule has 1 fully saturated rings. The van der Waals surface area contributed by atoms with Crippen LogP contribution in [0.25, 0.3) is 0 Å². The van der Waals surface area contributed by atoms with Gasteiger partial charge in [0, 0.05) is 60.2 Å². The Morgan fingerprint density at radius 3 is 2.40 bits per heavy atom. The summed E-state index contributed by atoms with van der Waals surface area (Å²) in [6.45, 7) is 2.57. The fraction of sp³-hybridized carbons (Fsp3) is 0.387. The van der Waals surface area contributed by atoms with Crippen molar-refractivity contribution in [1.82, 2.24) is 4.98 Å². The summed E-state index contributed by atoms with van der Waals surface area (Å²) in [5.41, 5.74) is 0.710. The zero-order chi connectivity index (χ0) is 31.0. The summed E-state index contributed by atoms with van der Waals surface area (Å²) in [7, 11) is 0. The van der Waals surface area contributed by atoms with E-state index in [0.717, 1.165) is 0 Å². The average Bonchev–Trinajstić information content (AvgIpc) is 3.49. The fourth-order valence-corrected chi connectivity index (χ4v) is 5.56. The summed E-state index contributed by atoms with van der Waals surface area (Å²) in [5.74, 6) is -2.33. The van der Waals surface area contributed by atoms with E-state index in [1.807, 2.05) is 0 Å². The van der Waals surface area contributed by atoms with Crippen LogP contribution in [0.5, 0.6) is 17.2 Å². The maximum absolute atomic E-state index is 14.2. The van der Waals surface area contributed by atoms with Gasteiger partial charge in [0.1, 0.15) is 35.6 Å². The van der Waals surface area contributed by atoms with Gasteiger partial charge in [-0.05, 0) is 56.0 Å². The lowest BCUT2D eigenvalue weighted by molar-refractivity contribution is -0.268. The molecule has 12 heteroatoms. The molecule has 0 spiro atoms. The minimum absolute atomic E-state index is 0.0169. The first-order valence-corrected chi connectivity index (χ1v) is 13.9. The van der Waals surface area contributed by atoms with Crippen LogP contribution >= 0.6 is 0 Å². The highest BCUT2D eigenvalue weighted by Crippen LogP contribution is 2.46. The van der Waals surface area contributed by atoms with E-state index in [2.05, 4.69) is 4.98 Å². The van der Waals surface area contributed by atoms with Crippen LogP contribution in [-0.2, 0) is 22.4 Å².